The van der Waals surface area contributed by atoms with E-state index in [0.717, 1.165) is 19.4 Å². The normalized spacial score (nSPS) is 12.4. The summed E-state index contributed by atoms with van der Waals surface area (Å²) in [6.45, 7) is 7.36. The summed E-state index contributed by atoms with van der Waals surface area (Å²) >= 11 is 0. The van der Waals surface area contributed by atoms with Crippen molar-refractivity contribution in [2.75, 3.05) is 6.54 Å². The lowest BCUT2D eigenvalue weighted by Crippen LogP contribution is -2.33. The van der Waals surface area contributed by atoms with Crippen LogP contribution < -0.4 is 5.32 Å². The van der Waals surface area contributed by atoms with E-state index >= 15 is 0 Å². The van der Waals surface area contributed by atoms with E-state index in [-0.39, 0.29) is 5.82 Å². The molecule has 0 aliphatic carbocycles. The lowest BCUT2D eigenvalue weighted by atomic mass is 9.96. The van der Waals surface area contributed by atoms with Crippen molar-refractivity contribution in [1.29, 1.82) is 0 Å². The van der Waals surface area contributed by atoms with E-state index in [4.69, 9.17) is 0 Å². The molecule has 0 saturated carbocycles. The van der Waals surface area contributed by atoms with E-state index in [9.17, 15) is 4.39 Å². The molecule has 0 radical (unpaired) electrons. The molecule has 1 nitrogen and oxygen atoms in total. The monoisotopic (exact) mass is 285 g/mol. The number of nitrogens with one attached hydrogen (secondary N) is 1. The van der Waals surface area contributed by atoms with Crippen LogP contribution in [-0.2, 0) is 12.8 Å². The highest BCUT2D eigenvalue weighted by Crippen LogP contribution is 2.14. The third-order valence-electron chi connectivity index (χ3n) is 3.94. The molecule has 1 unspecified atom stereocenters. The maximum atomic E-state index is 13.0. The number of rotatable bonds is 6. The van der Waals surface area contributed by atoms with Crippen molar-refractivity contribution in [3.8, 4) is 0 Å². The largest absolute Gasteiger partial charge is 0.314 e. The van der Waals surface area contributed by atoms with Gasteiger partial charge in [0, 0.05) is 6.04 Å². The Morgan fingerprint density at radius 3 is 2.14 bits per heavy atom. The maximum absolute atomic E-state index is 13.0. The summed E-state index contributed by atoms with van der Waals surface area (Å²) in [6.07, 6.45) is 1.91. The van der Waals surface area contributed by atoms with Gasteiger partial charge in [0.25, 0.3) is 0 Å². The highest BCUT2D eigenvalue weighted by Gasteiger charge is 2.10. The Labute approximate surface area is 127 Å². The van der Waals surface area contributed by atoms with Crippen LogP contribution in [-0.4, -0.2) is 12.6 Å². The molecule has 0 amide bonds. The number of hydrogen-bond acceptors (Lipinski definition) is 1. The lowest BCUT2D eigenvalue weighted by molar-refractivity contribution is 0.520. The summed E-state index contributed by atoms with van der Waals surface area (Å²) in [6, 6.07) is 13.9. The topological polar surface area (TPSA) is 12.0 Å². The van der Waals surface area contributed by atoms with E-state index in [0.29, 0.717) is 6.04 Å². The number of hydrogen-bond donors (Lipinski definition) is 1. The fourth-order valence-corrected chi connectivity index (χ4v) is 2.63. The summed E-state index contributed by atoms with van der Waals surface area (Å²) in [5.74, 6) is -0.173. The predicted molar refractivity (Wildman–Crippen MR) is 87.2 cm³/mol. The molecule has 2 aromatic carbocycles. The molecule has 0 aliphatic rings. The second-order valence-corrected chi connectivity index (χ2v) is 5.71. The van der Waals surface area contributed by atoms with Gasteiger partial charge in [-0.25, -0.2) is 4.39 Å². The Balaban J connectivity index is 2.07. The van der Waals surface area contributed by atoms with Gasteiger partial charge in [-0.1, -0.05) is 37.3 Å². The van der Waals surface area contributed by atoms with Crippen LogP contribution >= 0.6 is 0 Å². The third-order valence-corrected chi connectivity index (χ3v) is 3.94. The van der Waals surface area contributed by atoms with Gasteiger partial charge in [-0.2, -0.15) is 0 Å². The van der Waals surface area contributed by atoms with Gasteiger partial charge in [0.1, 0.15) is 5.82 Å². The van der Waals surface area contributed by atoms with E-state index in [1.54, 1.807) is 0 Å². The second-order valence-electron chi connectivity index (χ2n) is 5.71. The Hall–Kier alpha value is -1.67. The minimum absolute atomic E-state index is 0.173. The van der Waals surface area contributed by atoms with Crippen molar-refractivity contribution in [3.63, 3.8) is 0 Å². The smallest absolute Gasteiger partial charge is 0.123 e. The van der Waals surface area contributed by atoms with Gasteiger partial charge in [-0.3, -0.25) is 0 Å². The van der Waals surface area contributed by atoms with Crippen molar-refractivity contribution >= 4 is 0 Å². The van der Waals surface area contributed by atoms with Crippen LogP contribution in [0.5, 0.6) is 0 Å². The highest BCUT2D eigenvalue weighted by atomic mass is 19.1. The summed E-state index contributed by atoms with van der Waals surface area (Å²) < 4.78 is 13.0. The van der Waals surface area contributed by atoms with Gasteiger partial charge in [0.05, 0.1) is 0 Å². The molecule has 0 heterocycles. The summed E-state index contributed by atoms with van der Waals surface area (Å²) in [5, 5.41) is 3.53. The number of likely N-dealkylation sites (N-methyl/N-ethyl adjacent to an activating group) is 1. The quantitative estimate of drug-likeness (QED) is 0.838. The van der Waals surface area contributed by atoms with E-state index in [2.05, 4.69) is 44.3 Å². The first kappa shape index (κ1) is 15.7. The van der Waals surface area contributed by atoms with Gasteiger partial charge < -0.3 is 5.32 Å². The van der Waals surface area contributed by atoms with Crippen molar-refractivity contribution in [3.05, 3.63) is 70.5 Å². The van der Waals surface area contributed by atoms with Gasteiger partial charge in [0.2, 0.25) is 0 Å². The first-order valence-corrected chi connectivity index (χ1v) is 7.62. The molecule has 1 N–H and O–H groups in total. The number of halogens is 1. The summed E-state index contributed by atoms with van der Waals surface area (Å²) in [5.41, 5.74) is 5.19. The zero-order chi connectivity index (χ0) is 15.2. The zero-order valence-corrected chi connectivity index (χ0v) is 13.1. The van der Waals surface area contributed by atoms with E-state index < -0.39 is 0 Å². The van der Waals surface area contributed by atoms with Crippen molar-refractivity contribution in [2.24, 2.45) is 0 Å². The molecule has 112 valence electrons. The molecule has 21 heavy (non-hydrogen) atoms. The Morgan fingerprint density at radius 2 is 1.52 bits per heavy atom. The molecule has 0 saturated heterocycles. The van der Waals surface area contributed by atoms with Crippen LogP contribution in [0.15, 0.2) is 42.5 Å². The van der Waals surface area contributed by atoms with Gasteiger partial charge in [-0.15, -0.1) is 0 Å². The third kappa shape index (κ3) is 4.68. The predicted octanol–water partition coefficient (Wildman–Crippen LogP) is 4.21. The van der Waals surface area contributed by atoms with Crippen LogP contribution in [0.25, 0.3) is 0 Å². The average Bonchev–Trinajstić information content (AvgIpc) is 2.46. The minimum Gasteiger partial charge on any atom is -0.314 e. The molecule has 0 aromatic heterocycles. The van der Waals surface area contributed by atoms with Crippen LogP contribution in [0.4, 0.5) is 4.39 Å². The van der Waals surface area contributed by atoms with Crippen LogP contribution in [0.1, 0.15) is 29.2 Å². The Morgan fingerprint density at radius 1 is 0.905 bits per heavy atom. The van der Waals surface area contributed by atoms with Crippen molar-refractivity contribution in [1.82, 2.24) is 5.32 Å². The molecule has 0 spiro atoms. The Kier molecular flexibility index (Phi) is 5.51. The van der Waals surface area contributed by atoms with E-state index in [1.807, 2.05) is 12.1 Å². The Bertz CT molecular complexity index is 575. The molecule has 2 heteroatoms. The van der Waals surface area contributed by atoms with Crippen molar-refractivity contribution < 1.29 is 4.39 Å². The zero-order valence-electron chi connectivity index (χ0n) is 13.1. The molecule has 2 rings (SSSR count). The van der Waals surface area contributed by atoms with Gasteiger partial charge in [0.15, 0.2) is 0 Å². The van der Waals surface area contributed by atoms with Gasteiger partial charge >= 0.3 is 0 Å². The fraction of sp³-hybridized carbons (Fsp3) is 0.368. The first-order valence-electron chi connectivity index (χ1n) is 7.62. The molecular weight excluding hydrogens is 261 g/mol. The lowest BCUT2D eigenvalue weighted by Gasteiger charge is -2.19. The molecular formula is C19H24FN. The standard InChI is InChI=1S/C19H24FN/c1-4-21-19(12-16-7-9-18(20)10-8-16)13-17-6-5-14(2)15(3)11-17/h5-11,19,21H,4,12-13H2,1-3H3. The van der Waals surface area contributed by atoms with Crippen molar-refractivity contribution in [2.45, 2.75) is 39.7 Å². The fourth-order valence-electron chi connectivity index (χ4n) is 2.63. The SMILES string of the molecule is CCNC(Cc1ccc(F)cc1)Cc1ccc(C)c(C)c1. The number of benzene rings is 2. The van der Waals surface area contributed by atoms with Crippen LogP contribution in [0, 0.1) is 19.7 Å². The summed E-state index contributed by atoms with van der Waals surface area (Å²) in [7, 11) is 0. The van der Waals surface area contributed by atoms with Crippen LogP contribution in [0.2, 0.25) is 0 Å². The molecule has 1 atom stereocenters. The average molecular weight is 285 g/mol. The molecule has 2 aromatic rings. The van der Waals surface area contributed by atoms with Crippen LogP contribution in [0.3, 0.4) is 0 Å². The first-order chi connectivity index (χ1) is 10.1. The van der Waals surface area contributed by atoms with E-state index in [1.165, 1.54) is 34.4 Å². The number of aryl methyl sites for hydroxylation is 2. The molecule has 0 bridgehead atoms. The maximum Gasteiger partial charge on any atom is 0.123 e. The second kappa shape index (κ2) is 7.37. The van der Waals surface area contributed by atoms with Gasteiger partial charge in [-0.05, 0) is 67.6 Å². The molecule has 0 fully saturated rings. The highest BCUT2D eigenvalue weighted by molar-refractivity contribution is 5.30. The summed E-state index contributed by atoms with van der Waals surface area (Å²) in [4.78, 5) is 0. The minimum atomic E-state index is -0.173. The molecule has 0 aliphatic heterocycles.